The first-order chi connectivity index (χ1) is 12.7. The van der Waals surface area contributed by atoms with Crippen molar-refractivity contribution in [3.8, 4) is 11.5 Å². The Balaban J connectivity index is 1.87. The lowest BCUT2D eigenvalue weighted by Crippen LogP contribution is -2.16. The van der Waals surface area contributed by atoms with Crippen LogP contribution in [0.4, 0.5) is 5.95 Å². The van der Waals surface area contributed by atoms with Crippen molar-refractivity contribution in [2.45, 2.75) is 13.5 Å². The summed E-state index contributed by atoms with van der Waals surface area (Å²) in [5, 5.41) is 2.88. The first-order valence-electron chi connectivity index (χ1n) is 8.36. The Hall–Kier alpha value is -3.28. The van der Waals surface area contributed by atoms with Gasteiger partial charge in [-0.25, -0.2) is 4.98 Å². The average Bonchev–Trinajstić information content (AvgIpc) is 3.02. The van der Waals surface area contributed by atoms with E-state index in [2.05, 4.69) is 16.9 Å². The topological polar surface area (TPSA) is 65.4 Å². The van der Waals surface area contributed by atoms with Crippen LogP contribution in [0.2, 0.25) is 0 Å². The number of anilines is 1. The molecule has 0 radical (unpaired) electrons. The number of hydrogen-bond donors (Lipinski definition) is 1. The van der Waals surface area contributed by atoms with Gasteiger partial charge in [-0.2, -0.15) is 0 Å². The van der Waals surface area contributed by atoms with Crippen LogP contribution in [-0.2, 0) is 6.54 Å². The number of aryl methyl sites for hydroxylation is 1. The fourth-order valence-electron chi connectivity index (χ4n) is 2.74. The number of hydrogen-bond acceptors (Lipinski definition) is 4. The number of nitrogens with one attached hydrogen (secondary N) is 1. The van der Waals surface area contributed by atoms with Gasteiger partial charge in [0, 0.05) is 12.1 Å². The molecule has 0 aliphatic heterocycles. The number of carbonyl (C=O) groups is 1. The van der Waals surface area contributed by atoms with Crippen LogP contribution < -0.4 is 14.8 Å². The number of amides is 1. The lowest BCUT2D eigenvalue weighted by Gasteiger charge is -2.11. The molecule has 0 unspecified atom stereocenters. The summed E-state index contributed by atoms with van der Waals surface area (Å²) in [6, 6.07) is 12.8. The van der Waals surface area contributed by atoms with E-state index in [1.54, 1.807) is 24.3 Å². The minimum Gasteiger partial charge on any atom is -0.493 e. The average molecular weight is 351 g/mol. The highest BCUT2D eigenvalue weighted by molar-refractivity contribution is 6.04. The maximum absolute atomic E-state index is 12.7. The van der Waals surface area contributed by atoms with E-state index in [-0.39, 0.29) is 5.91 Å². The highest BCUT2D eigenvalue weighted by Crippen LogP contribution is 2.28. The maximum Gasteiger partial charge on any atom is 0.258 e. The van der Waals surface area contributed by atoms with Gasteiger partial charge in [0.15, 0.2) is 11.5 Å². The Morgan fingerprint density at radius 3 is 2.81 bits per heavy atom. The Labute approximate surface area is 152 Å². The summed E-state index contributed by atoms with van der Waals surface area (Å²) in [4.78, 5) is 17.2. The van der Waals surface area contributed by atoms with Gasteiger partial charge in [-0.15, -0.1) is 0 Å². The number of carbonyl (C=O) groups excluding carboxylic acids is 1. The van der Waals surface area contributed by atoms with E-state index in [4.69, 9.17) is 9.47 Å². The van der Waals surface area contributed by atoms with Crippen LogP contribution in [0.25, 0.3) is 11.0 Å². The highest BCUT2D eigenvalue weighted by Gasteiger charge is 2.15. The van der Waals surface area contributed by atoms with Crippen LogP contribution in [0, 0.1) is 0 Å². The van der Waals surface area contributed by atoms with Gasteiger partial charge < -0.3 is 14.0 Å². The van der Waals surface area contributed by atoms with Crippen molar-refractivity contribution in [2.24, 2.45) is 0 Å². The van der Waals surface area contributed by atoms with E-state index in [9.17, 15) is 4.79 Å². The molecule has 2 aromatic carbocycles. The summed E-state index contributed by atoms with van der Waals surface area (Å²) in [5.41, 5.74) is 2.29. The zero-order valence-electron chi connectivity index (χ0n) is 14.9. The highest BCUT2D eigenvalue weighted by atomic mass is 16.5. The van der Waals surface area contributed by atoms with Gasteiger partial charge in [-0.05, 0) is 37.3 Å². The SMILES string of the molecule is C=CCOc1ccc(C(=O)Nc2nc3ccccc3n2CC)cc1OC. The molecule has 0 bridgehead atoms. The van der Waals surface area contributed by atoms with Crippen LogP contribution in [0.5, 0.6) is 11.5 Å². The lowest BCUT2D eigenvalue weighted by atomic mass is 10.2. The second kappa shape index (κ2) is 7.74. The van der Waals surface area contributed by atoms with E-state index < -0.39 is 0 Å². The zero-order valence-corrected chi connectivity index (χ0v) is 14.9. The molecule has 0 fully saturated rings. The standard InChI is InChI=1S/C20H21N3O3/c1-4-12-26-17-11-10-14(13-18(17)25-3)19(24)22-20-21-15-8-6-7-9-16(15)23(20)5-2/h4,6-11,13H,1,5,12H2,2-3H3,(H,21,22,24). The van der Waals surface area contributed by atoms with Crippen molar-refractivity contribution < 1.29 is 14.3 Å². The number of ether oxygens (including phenoxy) is 2. The second-order valence-electron chi connectivity index (χ2n) is 5.59. The third-order valence-electron chi connectivity index (χ3n) is 3.98. The maximum atomic E-state index is 12.7. The summed E-state index contributed by atoms with van der Waals surface area (Å²) in [6.45, 7) is 6.70. The molecule has 6 nitrogen and oxygen atoms in total. The quantitative estimate of drug-likeness (QED) is 0.656. The Bertz CT molecular complexity index is 947. The summed E-state index contributed by atoms with van der Waals surface area (Å²) in [7, 11) is 1.54. The Morgan fingerprint density at radius 2 is 2.08 bits per heavy atom. The molecule has 26 heavy (non-hydrogen) atoms. The molecular weight excluding hydrogens is 330 g/mol. The van der Waals surface area contributed by atoms with Crippen molar-refractivity contribution in [3.63, 3.8) is 0 Å². The molecule has 0 aliphatic rings. The normalized spacial score (nSPS) is 10.5. The van der Waals surface area contributed by atoms with Gasteiger partial charge in [0.05, 0.1) is 18.1 Å². The number of imidazole rings is 1. The van der Waals surface area contributed by atoms with Crippen LogP contribution >= 0.6 is 0 Å². The molecule has 1 amide bonds. The van der Waals surface area contributed by atoms with Gasteiger partial charge in [0.25, 0.3) is 5.91 Å². The largest absolute Gasteiger partial charge is 0.493 e. The molecule has 0 saturated carbocycles. The molecule has 3 aromatic rings. The van der Waals surface area contributed by atoms with E-state index in [1.165, 1.54) is 7.11 Å². The lowest BCUT2D eigenvalue weighted by molar-refractivity contribution is 0.102. The number of fused-ring (bicyclic) bond motifs is 1. The molecule has 6 heteroatoms. The fraction of sp³-hybridized carbons (Fsp3) is 0.200. The van der Waals surface area contributed by atoms with Crippen molar-refractivity contribution in [2.75, 3.05) is 19.0 Å². The Kier molecular flexibility index (Phi) is 5.22. The number of methoxy groups -OCH3 is 1. The summed E-state index contributed by atoms with van der Waals surface area (Å²) >= 11 is 0. The van der Waals surface area contributed by atoms with E-state index in [0.717, 1.165) is 11.0 Å². The number of aromatic nitrogens is 2. The molecule has 0 spiro atoms. The number of nitrogens with zero attached hydrogens (tertiary/aromatic N) is 2. The van der Waals surface area contributed by atoms with Crippen molar-refractivity contribution in [1.82, 2.24) is 9.55 Å². The van der Waals surface area contributed by atoms with Gasteiger partial charge >= 0.3 is 0 Å². The minimum atomic E-state index is -0.261. The predicted molar refractivity (Wildman–Crippen MR) is 102 cm³/mol. The number of para-hydroxylation sites is 2. The van der Waals surface area contributed by atoms with Gasteiger partial charge in [0.1, 0.15) is 6.61 Å². The van der Waals surface area contributed by atoms with Crippen molar-refractivity contribution in [1.29, 1.82) is 0 Å². The molecule has 0 saturated heterocycles. The monoisotopic (exact) mass is 351 g/mol. The molecule has 0 aliphatic carbocycles. The zero-order chi connectivity index (χ0) is 18.5. The second-order valence-corrected chi connectivity index (χ2v) is 5.59. The Morgan fingerprint density at radius 1 is 1.27 bits per heavy atom. The van der Waals surface area contributed by atoms with E-state index in [0.29, 0.717) is 36.2 Å². The smallest absolute Gasteiger partial charge is 0.258 e. The van der Waals surface area contributed by atoms with E-state index >= 15 is 0 Å². The summed E-state index contributed by atoms with van der Waals surface area (Å²) in [5.74, 6) is 1.31. The van der Waals surface area contributed by atoms with Crippen LogP contribution in [0.15, 0.2) is 55.1 Å². The van der Waals surface area contributed by atoms with Crippen LogP contribution in [0.1, 0.15) is 17.3 Å². The predicted octanol–water partition coefficient (Wildman–Crippen LogP) is 3.88. The fourth-order valence-corrected chi connectivity index (χ4v) is 2.74. The summed E-state index contributed by atoms with van der Waals surface area (Å²) < 4.78 is 12.8. The molecule has 1 aromatic heterocycles. The third kappa shape index (κ3) is 3.39. The molecule has 1 heterocycles. The number of benzene rings is 2. The first-order valence-corrected chi connectivity index (χ1v) is 8.36. The third-order valence-corrected chi connectivity index (χ3v) is 3.98. The van der Waals surface area contributed by atoms with Gasteiger partial charge in [0.2, 0.25) is 5.95 Å². The van der Waals surface area contributed by atoms with Crippen molar-refractivity contribution >= 4 is 22.9 Å². The first kappa shape index (κ1) is 17.5. The summed E-state index contributed by atoms with van der Waals surface area (Å²) in [6.07, 6.45) is 1.65. The molecule has 1 N–H and O–H groups in total. The number of rotatable bonds is 7. The van der Waals surface area contributed by atoms with Crippen LogP contribution in [0.3, 0.4) is 0 Å². The van der Waals surface area contributed by atoms with Gasteiger partial charge in [-0.1, -0.05) is 24.8 Å². The molecule has 3 rings (SSSR count). The molecule has 134 valence electrons. The molecular formula is C20H21N3O3. The van der Waals surface area contributed by atoms with Crippen LogP contribution in [-0.4, -0.2) is 29.2 Å². The van der Waals surface area contributed by atoms with E-state index in [1.807, 2.05) is 35.8 Å². The van der Waals surface area contributed by atoms with Crippen molar-refractivity contribution in [3.05, 3.63) is 60.7 Å². The minimum absolute atomic E-state index is 0.261. The molecule has 0 atom stereocenters. The van der Waals surface area contributed by atoms with Gasteiger partial charge in [-0.3, -0.25) is 10.1 Å².